The number of rotatable bonds is 2. The first-order valence-corrected chi connectivity index (χ1v) is 4.26. The Balaban J connectivity index is 2.49. The predicted molar refractivity (Wildman–Crippen MR) is 49.0 cm³/mol. The molecule has 0 amide bonds. The minimum atomic E-state index is -0.0470. The van der Waals surface area contributed by atoms with E-state index in [-0.39, 0.29) is 6.04 Å². The van der Waals surface area contributed by atoms with Crippen molar-refractivity contribution < 1.29 is 4.42 Å². The SMILES string of the molecule is CCC(N)c1cc2cncnc2o1. The Morgan fingerprint density at radius 2 is 2.46 bits per heavy atom. The third-order valence-electron chi connectivity index (χ3n) is 2.02. The highest BCUT2D eigenvalue weighted by Gasteiger charge is 2.10. The molecule has 2 rings (SSSR count). The van der Waals surface area contributed by atoms with Crippen LogP contribution in [0, 0.1) is 0 Å². The minimum Gasteiger partial charge on any atom is -0.441 e. The molecule has 1 unspecified atom stereocenters. The van der Waals surface area contributed by atoms with Crippen LogP contribution in [0.15, 0.2) is 23.0 Å². The molecule has 2 heterocycles. The minimum absolute atomic E-state index is 0.0470. The molecule has 0 aliphatic rings. The number of hydrogen-bond acceptors (Lipinski definition) is 4. The first-order valence-electron chi connectivity index (χ1n) is 4.26. The smallest absolute Gasteiger partial charge is 0.229 e. The monoisotopic (exact) mass is 177 g/mol. The second-order valence-corrected chi connectivity index (χ2v) is 2.95. The first-order chi connectivity index (χ1) is 6.31. The van der Waals surface area contributed by atoms with Gasteiger partial charge in [-0.15, -0.1) is 0 Å². The van der Waals surface area contributed by atoms with Crippen LogP contribution >= 0.6 is 0 Å². The molecule has 0 saturated carbocycles. The van der Waals surface area contributed by atoms with Gasteiger partial charge in [0, 0.05) is 6.20 Å². The fraction of sp³-hybridized carbons (Fsp3) is 0.333. The van der Waals surface area contributed by atoms with Gasteiger partial charge in [-0.1, -0.05) is 6.92 Å². The Bertz CT molecular complexity index is 377. The van der Waals surface area contributed by atoms with Crippen molar-refractivity contribution in [1.82, 2.24) is 9.97 Å². The molecule has 1 atom stereocenters. The van der Waals surface area contributed by atoms with E-state index in [4.69, 9.17) is 10.2 Å². The number of nitrogens with two attached hydrogens (primary N) is 1. The molecule has 0 aliphatic heterocycles. The van der Waals surface area contributed by atoms with E-state index in [9.17, 15) is 0 Å². The van der Waals surface area contributed by atoms with Crippen molar-refractivity contribution in [1.29, 1.82) is 0 Å². The van der Waals surface area contributed by atoms with Crippen LogP contribution < -0.4 is 5.73 Å². The van der Waals surface area contributed by atoms with Crippen molar-refractivity contribution in [3.05, 3.63) is 24.4 Å². The molecule has 0 fully saturated rings. The van der Waals surface area contributed by atoms with Crippen LogP contribution in [0.3, 0.4) is 0 Å². The summed E-state index contributed by atoms with van der Waals surface area (Å²) >= 11 is 0. The highest BCUT2D eigenvalue weighted by atomic mass is 16.3. The maximum atomic E-state index is 5.82. The van der Waals surface area contributed by atoms with E-state index < -0.39 is 0 Å². The fourth-order valence-electron chi connectivity index (χ4n) is 1.19. The van der Waals surface area contributed by atoms with Crippen molar-refractivity contribution in [3.8, 4) is 0 Å². The number of furan rings is 1. The fourth-order valence-corrected chi connectivity index (χ4v) is 1.19. The van der Waals surface area contributed by atoms with Crippen LogP contribution in [0.2, 0.25) is 0 Å². The zero-order chi connectivity index (χ0) is 9.26. The van der Waals surface area contributed by atoms with Gasteiger partial charge >= 0.3 is 0 Å². The maximum absolute atomic E-state index is 5.82. The standard InChI is InChI=1S/C9H11N3O/c1-2-7(10)8-3-6-4-11-5-12-9(6)13-8/h3-5,7H,2,10H2,1H3. The van der Waals surface area contributed by atoms with Gasteiger partial charge in [-0.2, -0.15) is 0 Å². The van der Waals surface area contributed by atoms with E-state index in [1.807, 2.05) is 13.0 Å². The number of aromatic nitrogens is 2. The van der Waals surface area contributed by atoms with E-state index in [0.717, 1.165) is 17.6 Å². The van der Waals surface area contributed by atoms with E-state index >= 15 is 0 Å². The molecular weight excluding hydrogens is 166 g/mol. The van der Waals surface area contributed by atoms with Crippen LogP contribution in [0.25, 0.3) is 11.1 Å². The summed E-state index contributed by atoms with van der Waals surface area (Å²) in [6.45, 7) is 2.02. The zero-order valence-corrected chi connectivity index (χ0v) is 7.40. The van der Waals surface area contributed by atoms with Gasteiger partial charge in [0.1, 0.15) is 12.1 Å². The first kappa shape index (κ1) is 8.19. The molecule has 4 nitrogen and oxygen atoms in total. The van der Waals surface area contributed by atoms with Gasteiger partial charge < -0.3 is 10.2 Å². The molecule has 2 aromatic heterocycles. The van der Waals surface area contributed by atoms with Crippen LogP contribution in [0.5, 0.6) is 0 Å². The topological polar surface area (TPSA) is 64.9 Å². The summed E-state index contributed by atoms with van der Waals surface area (Å²) in [5, 5.41) is 0.904. The van der Waals surface area contributed by atoms with E-state index in [1.165, 1.54) is 6.33 Å². The van der Waals surface area contributed by atoms with Crippen molar-refractivity contribution in [2.75, 3.05) is 0 Å². The summed E-state index contributed by atoms with van der Waals surface area (Å²) in [7, 11) is 0. The molecule has 4 heteroatoms. The summed E-state index contributed by atoms with van der Waals surface area (Å²) in [5.74, 6) is 0.776. The number of nitrogens with zero attached hydrogens (tertiary/aromatic N) is 2. The van der Waals surface area contributed by atoms with E-state index in [1.54, 1.807) is 6.20 Å². The molecule has 0 radical (unpaired) electrons. The quantitative estimate of drug-likeness (QED) is 0.757. The average molecular weight is 177 g/mol. The highest BCUT2D eigenvalue weighted by Crippen LogP contribution is 2.21. The van der Waals surface area contributed by atoms with E-state index in [0.29, 0.717) is 5.71 Å². The largest absolute Gasteiger partial charge is 0.441 e. The van der Waals surface area contributed by atoms with Gasteiger partial charge in [0.2, 0.25) is 5.71 Å². The van der Waals surface area contributed by atoms with Gasteiger partial charge in [0.15, 0.2) is 0 Å². The lowest BCUT2D eigenvalue weighted by Crippen LogP contribution is -2.06. The summed E-state index contributed by atoms with van der Waals surface area (Å²) < 4.78 is 5.44. The van der Waals surface area contributed by atoms with Gasteiger partial charge in [-0.3, -0.25) is 0 Å². The van der Waals surface area contributed by atoms with Crippen LogP contribution in [-0.2, 0) is 0 Å². The predicted octanol–water partition coefficient (Wildman–Crippen LogP) is 1.63. The Morgan fingerprint density at radius 3 is 3.15 bits per heavy atom. The van der Waals surface area contributed by atoms with Crippen molar-refractivity contribution in [3.63, 3.8) is 0 Å². The van der Waals surface area contributed by atoms with Crippen LogP contribution in [0.4, 0.5) is 0 Å². The van der Waals surface area contributed by atoms with E-state index in [2.05, 4.69) is 9.97 Å². The Morgan fingerprint density at radius 1 is 1.62 bits per heavy atom. The molecule has 0 spiro atoms. The summed E-state index contributed by atoms with van der Waals surface area (Å²) in [4.78, 5) is 7.88. The van der Waals surface area contributed by atoms with Crippen molar-refractivity contribution in [2.45, 2.75) is 19.4 Å². The average Bonchev–Trinajstić information content (AvgIpc) is 2.59. The van der Waals surface area contributed by atoms with Crippen LogP contribution in [0.1, 0.15) is 25.1 Å². The van der Waals surface area contributed by atoms with Gasteiger partial charge in [0.05, 0.1) is 11.4 Å². The molecular formula is C9H11N3O. The second kappa shape index (κ2) is 3.14. The molecule has 2 N–H and O–H groups in total. The third kappa shape index (κ3) is 1.40. The summed E-state index contributed by atoms with van der Waals surface area (Å²) in [5.41, 5.74) is 6.42. The number of fused-ring (bicyclic) bond motifs is 1. The van der Waals surface area contributed by atoms with Gasteiger partial charge in [-0.05, 0) is 12.5 Å². The lowest BCUT2D eigenvalue weighted by Gasteiger charge is -2.01. The highest BCUT2D eigenvalue weighted by molar-refractivity contribution is 5.72. The normalized spacial score (nSPS) is 13.4. The molecule has 0 bridgehead atoms. The van der Waals surface area contributed by atoms with Crippen molar-refractivity contribution in [2.24, 2.45) is 5.73 Å². The maximum Gasteiger partial charge on any atom is 0.229 e. The summed E-state index contributed by atoms with van der Waals surface area (Å²) in [6, 6.07) is 1.85. The Labute approximate surface area is 75.8 Å². The Hall–Kier alpha value is -1.42. The zero-order valence-electron chi connectivity index (χ0n) is 7.40. The molecule has 13 heavy (non-hydrogen) atoms. The lowest BCUT2D eigenvalue weighted by atomic mass is 10.2. The van der Waals surface area contributed by atoms with Gasteiger partial charge in [0.25, 0.3) is 0 Å². The lowest BCUT2D eigenvalue weighted by molar-refractivity contribution is 0.482. The van der Waals surface area contributed by atoms with Crippen LogP contribution in [-0.4, -0.2) is 9.97 Å². The molecule has 2 aromatic rings. The molecule has 0 saturated heterocycles. The van der Waals surface area contributed by atoms with Crippen molar-refractivity contribution >= 4 is 11.1 Å². The molecule has 0 aliphatic carbocycles. The van der Waals surface area contributed by atoms with Gasteiger partial charge in [-0.25, -0.2) is 9.97 Å². The molecule has 68 valence electrons. The number of hydrogen-bond donors (Lipinski definition) is 1. The Kier molecular flexibility index (Phi) is 1.98. The third-order valence-corrected chi connectivity index (χ3v) is 2.02. The summed E-state index contributed by atoms with van der Waals surface area (Å²) in [6.07, 6.45) is 4.04. The molecule has 0 aromatic carbocycles. The second-order valence-electron chi connectivity index (χ2n) is 2.95.